The molecule has 10 heteroatoms. The van der Waals surface area contributed by atoms with Gasteiger partial charge < -0.3 is 19.8 Å². The molecule has 1 aromatic heterocycles. The Hall–Kier alpha value is -3.66. The molecule has 0 radical (unpaired) electrons. The van der Waals surface area contributed by atoms with E-state index in [0.29, 0.717) is 23.3 Å². The molecule has 1 heterocycles. The topological polar surface area (TPSA) is 147 Å². The molecule has 2 rings (SSSR count). The molecule has 4 N–H and O–H groups in total. The van der Waals surface area contributed by atoms with Crippen molar-refractivity contribution in [2.45, 2.75) is 39.0 Å². The van der Waals surface area contributed by atoms with Crippen LogP contribution in [0.15, 0.2) is 40.8 Å². The maximum atomic E-state index is 12.4. The van der Waals surface area contributed by atoms with E-state index in [2.05, 4.69) is 10.6 Å². The molecule has 10 nitrogen and oxygen atoms in total. The predicted octanol–water partition coefficient (Wildman–Crippen LogP) is 2.63. The highest BCUT2D eigenvalue weighted by atomic mass is 16.5. The second-order valence-corrected chi connectivity index (χ2v) is 7.36. The fourth-order valence-electron chi connectivity index (χ4n) is 3.27. The summed E-state index contributed by atoms with van der Waals surface area (Å²) >= 11 is 0. The largest absolute Gasteiger partial charge is 0.465 e. The first-order valence-corrected chi connectivity index (χ1v) is 10.7. The van der Waals surface area contributed by atoms with E-state index < -0.39 is 29.6 Å². The van der Waals surface area contributed by atoms with Gasteiger partial charge in [0.25, 0.3) is 5.91 Å². The third kappa shape index (κ3) is 7.46. The first-order chi connectivity index (χ1) is 15.9. The Bertz CT molecular complexity index is 970. The van der Waals surface area contributed by atoms with Gasteiger partial charge in [-0.15, -0.1) is 0 Å². The molecule has 0 saturated carbocycles. The number of ether oxygens (including phenoxy) is 1. The first-order valence-electron chi connectivity index (χ1n) is 10.7. The normalized spacial score (nSPS) is 11.4. The fraction of sp³-hybridized carbons (Fsp3) is 0.391. The molecule has 0 aliphatic heterocycles. The number of hydrogen-bond acceptors (Lipinski definition) is 7. The van der Waals surface area contributed by atoms with Crippen molar-refractivity contribution >= 4 is 23.7 Å². The summed E-state index contributed by atoms with van der Waals surface area (Å²) in [5.41, 5.74) is 2.32. The summed E-state index contributed by atoms with van der Waals surface area (Å²) in [4.78, 5) is 48.3. The van der Waals surface area contributed by atoms with Crippen LogP contribution in [0, 0.1) is 5.92 Å². The van der Waals surface area contributed by atoms with Crippen LogP contribution >= 0.6 is 0 Å². The summed E-state index contributed by atoms with van der Waals surface area (Å²) < 4.78 is 10.4. The van der Waals surface area contributed by atoms with Crippen LogP contribution in [0.5, 0.6) is 0 Å². The van der Waals surface area contributed by atoms with E-state index >= 15 is 0 Å². The smallest absolute Gasteiger partial charge is 0.338 e. The number of carbonyl (C=O) groups is 4. The second-order valence-electron chi connectivity index (χ2n) is 7.36. The molecule has 33 heavy (non-hydrogen) atoms. The fourth-order valence-corrected chi connectivity index (χ4v) is 3.27. The SMILES string of the molecule is CCCCC[C@H](CC(=O)NO)C(=O)NCNC(=O)c1ccc(-c2ccccc2C(=O)OC)o1. The lowest BCUT2D eigenvalue weighted by Gasteiger charge is -2.16. The third-order valence-electron chi connectivity index (χ3n) is 5.02. The van der Waals surface area contributed by atoms with Gasteiger partial charge in [-0.1, -0.05) is 44.4 Å². The molecule has 1 aromatic carbocycles. The van der Waals surface area contributed by atoms with Crippen molar-refractivity contribution in [1.82, 2.24) is 16.1 Å². The number of unbranched alkanes of at least 4 members (excludes halogenated alkanes) is 2. The zero-order chi connectivity index (χ0) is 24.2. The van der Waals surface area contributed by atoms with E-state index in [1.807, 2.05) is 6.92 Å². The highest BCUT2D eigenvalue weighted by molar-refractivity contribution is 5.97. The summed E-state index contributed by atoms with van der Waals surface area (Å²) in [6.07, 6.45) is 2.98. The van der Waals surface area contributed by atoms with E-state index in [9.17, 15) is 19.2 Å². The third-order valence-corrected chi connectivity index (χ3v) is 5.02. The first kappa shape index (κ1) is 25.6. The number of rotatable bonds is 12. The zero-order valence-electron chi connectivity index (χ0n) is 18.7. The Kier molecular flexibility index (Phi) is 10.1. The zero-order valence-corrected chi connectivity index (χ0v) is 18.7. The number of carbonyl (C=O) groups excluding carboxylic acids is 4. The predicted molar refractivity (Wildman–Crippen MR) is 118 cm³/mol. The van der Waals surface area contributed by atoms with Gasteiger partial charge in [0.2, 0.25) is 11.8 Å². The minimum atomic E-state index is -0.647. The van der Waals surface area contributed by atoms with Crippen LogP contribution < -0.4 is 16.1 Å². The molecule has 178 valence electrons. The van der Waals surface area contributed by atoms with Gasteiger partial charge in [0.05, 0.1) is 19.3 Å². The van der Waals surface area contributed by atoms with Gasteiger partial charge in [0, 0.05) is 17.9 Å². The molecule has 0 spiro atoms. The van der Waals surface area contributed by atoms with Gasteiger partial charge in [-0.3, -0.25) is 19.6 Å². The molecule has 0 aliphatic carbocycles. The number of hydrogen-bond donors (Lipinski definition) is 4. The summed E-state index contributed by atoms with van der Waals surface area (Å²) in [5.74, 6) is -2.44. The molecular weight excluding hydrogens is 430 g/mol. The average Bonchev–Trinajstić information content (AvgIpc) is 3.33. The van der Waals surface area contributed by atoms with Gasteiger partial charge in [-0.2, -0.15) is 0 Å². The van der Waals surface area contributed by atoms with E-state index in [1.54, 1.807) is 30.3 Å². The van der Waals surface area contributed by atoms with Crippen LogP contribution in [0.25, 0.3) is 11.3 Å². The number of furan rings is 1. The van der Waals surface area contributed by atoms with Crippen LogP contribution in [0.1, 0.15) is 59.9 Å². The van der Waals surface area contributed by atoms with Gasteiger partial charge >= 0.3 is 5.97 Å². The lowest BCUT2D eigenvalue weighted by Crippen LogP contribution is -2.41. The second kappa shape index (κ2) is 13.0. The minimum absolute atomic E-state index is 0.00179. The van der Waals surface area contributed by atoms with Gasteiger partial charge in [0.15, 0.2) is 5.76 Å². The molecule has 1 atom stereocenters. The number of amides is 3. The molecule has 3 amide bonds. The maximum absolute atomic E-state index is 12.4. The van der Waals surface area contributed by atoms with Crippen molar-refractivity contribution in [3.63, 3.8) is 0 Å². The monoisotopic (exact) mass is 459 g/mol. The number of benzene rings is 1. The van der Waals surface area contributed by atoms with Crippen LogP contribution in [0.3, 0.4) is 0 Å². The van der Waals surface area contributed by atoms with Crippen LogP contribution in [-0.2, 0) is 14.3 Å². The van der Waals surface area contributed by atoms with Crippen LogP contribution in [0.2, 0.25) is 0 Å². The average molecular weight is 459 g/mol. The van der Waals surface area contributed by atoms with Gasteiger partial charge in [-0.25, -0.2) is 10.3 Å². The number of nitrogens with one attached hydrogen (secondary N) is 3. The van der Waals surface area contributed by atoms with E-state index in [-0.39, 0.29) is 18.8 Å². The Morgan fingerprint density at radius 3 is 2.52 bits per heavy atom. The minimum Gasteiger partial charge on any atom is -0.465 e. The van der Waals surface area contributed by atoms with E-state index in [4.69, 9.17) is 14.4 Å². The molecular formula is C23H29N3O7. The van der Waals surface area contributed by atoms with Gasteiger partial charge in [0.1, 0.15) is 5.76 Å². The Morgan fingerprint density at radius 1 is 1.06 bits per heavy atom. The summed E-state index contributed by atoms with van der Waals surface area (Å²) in [5, 5.41) is 13.8. The maximum Gasteiger partial charge on any atom is 0.338 e. The Morgan fingerprint density at radius 2 is 1.82 bits per heavy atom. The van der Waals surface area contributed by atoms with Crippen molar-refractivity contribution in [3.05, 3.63) is 47.7 Å². The van der Waals surface area contributed by atoms with Crippen LogP contribution in [0.4, 0.5) is 0 Å². The quantitative estimate of drug-likeness (QED) is 0.125. The van der Waals surface area contributed by atoms with Crippen molar-refractivity contribution in [2.75, 3.05) is 13.8 Å². The van der Waals surface area contributed by atoms with Crippen LogP contribution in [-0.4, -0.2) is 42.7 Å². The van der Waals surface area contributed by atoms with Gasteiger partial charge in [-0.05, 0) is 24.6 Å². The number of esters is 1. The van der Waals surface area contributed by atoms with Crippen molar-refractivity contribution in [2.24, 2.45) is 5.92 Å². The molecule has 2 aromatic rings. The van der Waals surface area contributed by atoms with E-state index in [0.717, 1.165) is 19.3 Å². The van der Waals surface area contributed by atoms with E-state index in [1.165, 1.54) is 18.7 Å². The molecule has 0 fully saturated rings. The molecule has 0 bridgehead atoms. The Labute approximate surface area is 191 Å². The molecule has 0 unspecified atom stereocenters. The Balaban J connectivity index is 1.96. The number of methoxy groups -OCH3 is 1. The molecule has 0 aliphatic rings. The lowest BCUT2D eigenvalue weighted by molar-refractivity contribution is -0.135. The standard InChI is InChI=1S/C23H29N3O7/c1-3-4-5-8-15(13-20(27)26-31)21(28)24-14-25-22(29)19-12-11-18(33-19)16-9-6-7-10-17(16)23(30)32-2/h6-7,9-12,15,31H,3-5,8,13-14H2,1-2H3,(H,24,28)(H,25,29)(H,26,27)/t15-/m1/s1. The number of hydroxylamine groups is 1. The van der Waals surface area contributed by atoms with Crippen molar-refractivity contribution in [3.8, 4) is 11.3 Å². The molecule has 0 saturated heterocycles. The summed E-state index contributed by atoms with van der Waals surface area (Å²) in [6.45, 7) is 1.86. The van der Waals surface area contributed by atoms with Crippen molar-refractivity contribution in [1.29, 1.82) is 0 Å². The summed E-state index contributed by atoms with van der Waals surface area (Å²) in [6, 6.07) is 9.70. The highest BCUT2D eigenvalue weighted by Gasteiger charge is 2.22. The summed E-state index contributed by atoms with van der Waals surface area (Å²) in [7, 11) is 1.28. The van der Waals surface area contributed by atoms with Crippen molar-refractivity contribution < 1.29 is 33.5 Å². The lowest BCUT2D eigenvalue weighted by atomic mass is 9.96. The highest BCUT2D eigenvalue weighted by Crippen LogP contribution is 2.26.